The number of nitrogens with two attached hydrogens (primary N) is 3. The highest BCUT2D eigenvalue weighted by molar-refractivity contribution is 5.86. The predicted molar refractivity (Wildman–Crippen MR) is 59.7 cm³/mol. The number of nitrogen functional groups attached to an aromatic ring is 3. The van der Waals surface area contributed by atoms with Crippen LogP contribution >= 0.6 is 0 Å². The minimum atomic E-state index is 0.241. The molecule has 0 saturated carbocycles. The Morgan fingerprint density at radius 3 is 2.47 bits per heavy atom. The fourth-order valence-corrected chi connectivity index (χ4v) is 1.36. The van der Waals surface area contributed by atoms with Crippen molar-refractivity contribution < 1.29 is 0 Å². The van der Waals surface area contributed by atoms with Crippen LogP contribution in [-0.4, -0.2) is 14.5 Å². The molecule has 2 heterocycles. The Balaban J connectivity index is 2.65. The van der Waals surface area contributed by atoms with Gasteiger partial charge in [0.05, 0.1) is 16.9 Å². The molecule has 0 spiro atoms. The fourth-order valence-electron chi connectivity index (χ4n) is 1.36. The van der Waals surface area contributed by atoms with Gasteiger partial charge in [-0.15, -0.1) is 0 Å². The molecule has 0 fully saturated rings. The second-order valence-electron chi connectivity index (χ2n) is 3.25. The Kier molecular flexibility index (Phi) is 1.96. The van der Waals surface area contributed by atoms with Gasteiger partial charge in [-0.3, -0.25) is 0 Å². The largest absolute Gasteiger partial charge is 0.396 e. The van der Waals surface area contributed by atoms with Crippen LogP contribution in [-0.2, 0) is 7.05 Å². The Hall–Kier alpha value is -2.24. The maximum absolute atomic E-state index is 5.85. The minimum Gasteiger partial charge on any atom is -0.396 e. The standard InChI is InChI=1S/C9H12N6/c1-15-3-2-13-9(15)5-4-14-8(12)7(11)6(5)10/h2-4H,11H2,1H3,(H4,10,12,14). The highest BCUT2D eigenvalue weighted by Gasteiger charge is 2.12. The molecule has 2 aromatic heterocycles. The zero-order valence-corrected chi connectivity index (χ0v) is 8.31. The van der Waals surface area contributed by atoms with Gasteiger partial charge in [-0.25, -0.2) is 9.97 Å². The van der Waals surface area contributed by atoms with Crippen molar-refractivity contribution in [2.45, 2.75) is 0 Å². The number of imidazole rings is 1. The molecule has 2 rings (SSSR count). The van der Waals surface area contributed by atoms with Crippen LogP contribution in [0.5, 0.6) is 0 Å². The van der Waals surface area contributed by atoms with Gasteiger partial charge in [0, 0.05) is 25.6 Å². The lowest BCUT2D eigenvalue weighted by atomic mass is 10.2. The van der Waals surface area contributed by atoms with Crippen LogP contribution in [0.25, 0.3) is 11.4 Å². The third kappa shape index (κ3) is 1.35. The number of aryl methyl sites for hydroxylation is 1. The SMILES string of the molecule is Cn1ccnc1-c1cnc(N)c(N)c1N. The predicted octanol–water partition coefficient (Wildman–Crippen LogP) is 0.229. The third-order valence-corrected chi connectivity index (χ3v) is 2.25. The van der Waals surface area contributed by atoms with Gasteiger partial charge in [0.1, 0.15) is 11.6 Å². The summed E-state index contributed by atoms with van der Waals surface area (Å²) < 4.78 is 1.84. The van der Waals surface area contributed by atoms with Crippen LogP contribution in [0.3, 0.4) is 0 Å². The number of nitrogens with zero attached hydrogens (tertiary/aromatic N) is 3. The van der Waals surface area contributed by atoms with Gasteiger partial charge >= 0.3 is 0 Å². The Labute approximate surface area is 86.7 Å². The quantitative estimate of drug-likeness (QED) is 0.616. The fraction of sp³-hybridized carbons (Fsp3) is 0.111. The second kappa shape index (κ2) is 3.16. The van der Waals surface area contributed by atoms with Crippen molar-refractivity contribution in [2.75, 3.05) is 17.2 Å². The van der Waals surface area contributed by atoms with Crippen molar-refractivity contribution in [1.82, 2.24) is 14.5 Å². The average molecular weight is 204 g/mol. The molecule has 0 aliphatic heterocycles. The molecule has 0 aliphatic carbocycles. The van der Waals surface area contributed by atoms with E-state index in [2.05, 4.69) is 9.97 Å². The number of rotatable bonds is 1. The molecule has 0 atom stereocenters. The van der Waals surface area contributed by atoms with E-state index in [1.807, 2.05) is 17.8 Å². The number of aromatic nitrogens is 3. The first-order valence-electron chi connectivity index (χ1n) is 4.38. The van der Waals surface area contributed by atoms with Crippen LogP contribution < -0.4 is 17.2 Å². The first kappa shape index (κ1) is 9.32. The molecule has 0 bridgehead atoms. The van der Waals surface area contributed by atoms with Crippen molar-refractivity contribution in [3.63, 3.8) is 0 Å². The molecule has 0 aromatic carbocycles. The number of pyridine rings is 1. The highest BCUT2D eigenvalue weighted by atomic mass is 15.0. The molecule has 6 nitrogen and oxygen atoms in total. The van der Waals surface area contributed by atoms with Crippen molar-refractivity contribution >= 4 is 17.2 Å². The van der Waals surface area contributed by atoms with Crippen molar-refractivity contribution in [3.05, 3.63) is 18.6 Å². The molecular formula is C9H12N6. The zero-order valence-electron chi connectivity index (χ0n) is 8.31. The summed E-state index contributed by atoms with van der Waals surface area (Å²) in [5.41, 5.74) is 18.5. The topological polar surface area (TPSA) is 109 Å². The van der Waals surface area contributed by atoms with E-state index in [-0.39, 0.29) is 5.82 Å². The van der Waals surface area contributed by atoms with Crippen LogP contribution in [0.1, 0.15) is 0 Å². The van der Waals surface area contributed by atoms with E-state index in [0.29, 0.717) is 22.8 Å². The summed E-state index contributed by atoms with van der Waals surface area (Å²) in [6.07, 6.45) is 5.08. The molecule has 6 N–H and O–H groups in total. The highest BCUT2D eigenvalue weighted by Crippen LogP contribution is 2.30. The van der Waals surface area contributed by atoms with E-state index in [1.165, 1.54) is 0 Å². The molecule has 2 aromatic rings. The average Bonchev–Trinajstić information content (AvgIpc) is 2.62. The molecular weight excluding hydrogens is 192 g/mol. The summed E-state index contributed by atoms with van der Waals surface area (Å²) >= 11 is 0. The summed E-state index contributed by atoms with van der Waals surface area (Å²) in [5.74, 6) is 0.956. The van der Waals surface area contributed by atoms with Gasteiger partial charge in [-0.05, 0) is 0 Å². The summed E-state index contributed by atoms with van der Waals surface area (Å²) in [4.78, 5) is 8.12. The number of hydrogen-bond donors (Lipinski definition) is 3. The summed E-state index contributed by atoms with van der Waals surface area (Å²) in [6, 6.07) is 0. The van der Waals surface area contributed by atoms with Gasteiger partial charge in [-0.2, -0.15) is 0 Å². The first-order valence-corrected chi connectivity index (χ1v) is 4.38. The van der Waals surface area contributed by atoms with Gasteiger partial charge < -0.3 is 21.8 Å². The van der Waals surface area contributed by atoms with Crippen molar-refractivity contribution in [1.29, 1.82) is 0 Å². The smallest absolute Gasteiger partial charge is 0.148 e. The molecule has 15 heavy (non-hydrogen) atoms. The molecule has 0 radical (unpaired) electrons. The molecule has 0 unspecified atom stereocenters. The number of hydrogen-bond acceptors (Lipinski definition) is 5. The van der Waals surface area contributed by atoms with Crippen molar-refractivity contribution in [3.8, 4) is 11.4 Å². The van der Waals surface area contributed by atoms with E-state index >= 15 is 0 Å². The van der Waals surface area contributed by atoms with Gasteiger partial charge in [-0.1, -0.05) is 0 Å². The Morgan fingerprint density at radius 1 is 1.13 bits per heavy atom. The number of anilines is 3. The van der Waals surface area contributed by atoms with E-state index in [0.717, 1.165) is 0 Å². The molecule has 0 amide bonds. The summed E-state index contributed by atoms with van der Waals surface area (Å²) in [7, 11) is 1.87. The van der Waals surface area contributed by atoms with Crippen molar-refractivity contribution in [2.24, 2.45) is 7.05 Å². The van der Waals surface area contributed by atoms with Gasteiger partial charge in [0.25, 0.3) is 0 Å². The first-order chi connectivity index (χ1) is 7.11. The maximum Gasteiger partial charge on any atom is 0.148 e. The zero-order chi connectivity index (χ0) is 11.0. The van der Waals surface area contributed by atoms with E-state index in [1.54, 1.807) is 12.4 Å². The van der Waals surface area contributed by atoms with Gasteiger partial charge in [0.15, 0.2) is 0 Å². The molecule has 0 aliphatic rings. The van der Waals surface area contributed by atoms with Crippen LogP contribution in [0.15, 0.2) is 18.6 Å². The van der Waals surface area contributed by atoms with E-state index < -0.39 is 0 Å². The lowest BCUT2D eigenvalue weighted by Gasteiger charge is -2.09. The molecule has 0 saturated heterocycles. The lowest BCUT2D eigenvalue weighted by molar-refractivity contribution is 0.924. The maximum atomic E-state index is 5.85. The Bertz CT molecular complexity index is 501. The lowest BCUT2D eigenvalue weighted by Crippen LogP contribution is -2.05. The summed E-state index contributed by atoms with van der Waals surface area (Å²) in [6.45, 7) is 0. The van der Waals surface area contributed by atoms with Gasteiger partial charge in [0.2, 0.25) is 0 Å². The third-order valence-electron chi connectivity index (χ3n) is 2.25. The molecule has 6 heteroatoms. The minimum absolute atomic E-state index is 0.241. The Morgan fingerprint density at radius 2 is 1.87 bits per heavy atom. The molecule has 78 valence electrons. The van der Waals surface area contributed by atoms with Crippen LogP contribution in [0, 0.1) is 0 Å². The monoisotopic (exact) mass is 204 g/mol. The van der Waals surface area contributed by atoms with E-state index in [4.69, 9.17) is 17.2 Å². The summed E-state index contributed by atoms with van der Waals surface area (Å²) in [5, 5.41) is 0. The normalized spacial score (nSPS) is 10.5. The second-order valence-corrected chi connectivity index (χ2v) is 3.25. The van der Waals surface area contributed by atoms with Crippen LogP contribution in [0.4, 0.5) is 17.2 Å². The van der Waals surface area contributed by atoms with E-state index in [9.17, 15) is 0 Å². The van der Waals surface area contributed by atoms with Crippen LogP contribution in [0.2, 0.25) is 0 Å².